The number of benzene rings is 1. The third-order valence-corrected chi connectivity index (χ3v) is 4.78. The van der Waals surface area contributed by atoms with Crippen molar-refractivity contribution in [1.29, 1.82) is 0 Å². The number of carbonyl (C=O) groups is 1. The molecule has 2 heterocycles. The van der Waals surface area contributed by atoms with E-state index in [4.69, 9.17) is 0 Å². The molecule has 24 heavy (non-hydrogen) atoms. The van der Waals surface area contributed by atoms with E-state index in [-0.39, 0.29) is 17.6 Å². The molecule has 0 unspecified atom stereocenters. The fraction of sp³-hybridized carbons (Fsp3) is 0.421. The van der Waals surface area contributed by atoms with Crippen LogP contribution in [0.5, 0.6) is 0 Å². The lowest BCUT2D eigenvalue weighted by Gasteiger charge is -2.37. The Labute approximate surface area is 141 Å². The average molecular weight is 325 g/mol. The molecule has 0 saturated carbocycles. The Morgan fingerprint density at radius 3 is 2.83 bits per heavy atom. The second kappa shape index (κ2) is 6.59. The Hall–Kier alpha value is -2.43. The van der Waals surface area contributed by atoms with Crippen molar-refractivity contribution in [3.63, 3.8) is 0 Å². The summed E-state index contributed by atoms with van der Waals surface area (Å²) < 4.78 is 0. The molecular weight excluding hydrogens is 302 g/mol. The topological polar surface area (TPSA) is 66.1 Å². The van der Waals surface area contributed by atoms with E-state index < -0.39 is 5.56 Å². The fourth-order valence-electron chi connectivity index (χ4n) is 3.38. The molecule has 0 saturated heterocycles. The van der Waals surface area contributed by atoms with E-state index in [9.17, 15) is 9.59 Å². The molecule has 1 aliphatic heterocycles. The van der Waals surface area contributed by atoms with Crippen LogP contribution in [-0.4, -0.2) is 27.3 Å². The maximum atomic E-state index is 13.0. The maximum Gasteiger partial charge on any atom is 0.279 e. The van der Waals surface area contributed by atoms with Gasteiger partial charge in [0.2, 0.25) is 0 Å². The summed E-state index contributed by atoms with van der Waals surface area (Å²) in [6, 6.07) is 8.27. The minimum absolute atomic E-state index is 0.00131. The van der Waals surface area contributed by atoms with Gasteiger partial charge in [0.05, 0.1) is 11.7 Å². The highest BCUT2D eigenvalue weighted by Crippen LogP contribution is 2.33. The van der Waals surface area contributed by atoms with Gasteiger partial charge in [0.15, 0.2) is 5.69 Å². The number of aryl methyl sites for hydroxylation is 2. The summed E-state index contributed by atoms with van der Waals surface area (Å²) in [5, 5.41) is 0. The maximum absolute atomic E-state index is 13.0. The van der Waals surface area contributed by atoms with E-state index in [1.165, 1.54) is 11.1 Å². The van der Waals surface area contributed by atoms with E-state index in [2.05, 4.69) is 29.0 Å². The molecule has 5 nitrogen and oxygen atoms in total. The first kappa shape index (κ1) is 16.4. The van der Waals surface area contributed by atoms with Gasteiger partial charge in [-0.05, 0) is 37.8 Å². The molecule has 0 aliphatic carbocycles. The number of amides is 1. The van der Waals surface area contributed by atoms with Crippen LogP contribution in [0, 0.1) is 13.8 Å². The van der Waals surface area contributed by atoms with Gasteiger partial charge < -0.3 is 9.88 Å². The van der Waals surface area contributed by atoms with E-state index in [0.29, 0.717) is 17.9 Å². The van der Waals surface area contributed by atoms with Gasteiger partial charge in [0.25, 0.3) is 11.5 Å². The molecule has 5 heteroatoms. The molecule has 0 fully saturated rings. The number of hydrogen-bond acceptors (Lipinski definition) is 3. The van der Waals surface area contributed by atoms with E-state index in [1.54, 1.807) is 13.8 Å². The molecule has 1 atom stereocenters. The number of H-pyrrole nitrogens is 1. The highest BCUT2D eigenvalue weighted by atomic mass is 16.2. The van der Waals surface area contributed by atoms with Gasteiger partial charge >= 0.3 is 0 Å². The van der Waals surface area contributed by atoms with Crippen molar-refractivity contribution in [2.75, 3.05) is 6.54 Å². The summed E-state index contributed by atoms with van der Waals surface area (Å²) in [7, 11) is 0. The van der Waals surface area contributed by atoms with Crippen LogP contribution in [-0.2, 0) is 6.42 Å². The number of carbonyl (C=O) groups excluding carboxylic acids is 1. The number of nitrogens with zero attached hydrogens (tertiary/aromatic N) is 2. The molecule has 1 aromatic heterocycles. The largest absolute Gasteiger partial charge is 0.330 e. The van der Waals surface area contributed by atoms with Crippen LogP contribution < -0.4 is 5.56 Å². The second-order valence-electron chi connectivity index (χ2n) is 6.38. The van der Waals surface area contributed by atoms with Crippen molar-refractivity contribution in [2.24, 2.45) is 0 Å². The molecule has 1 aliphatic rings. The Balaban J connectivity index is 2.01. The van der Waals surface area contributed by atoms with Crippen molar-refractivity contribution < 1.29 is 4.79 Å². The van der Waals surface area contributed by atoms with Gasteiger partial charge in [0, 0.05) is 12.2 Å². The van der Waals surface area contributed by atoms with Crippen molar-refractivity contribution in [1.82, 2.24) is 14.9 Å². The second-order valence-corrected chi connectivity index (χ2v) is 6.38. The predicted molar refractivity (Wildman–Crippen MR) is 93.2 cm³/mol. The summed E-state index contributed by atoms with van der Waals surface area (Å²) in [5.41, 5.74) is 3.46. The van der Waals surface area contributed by atoms with Crippen LogP contribution in [0.4, 0.5) is 0 Å². The number of aromatic amines is 1. The zero-order valence-electron chi connectivity index (χ0n) is 14.4. The summed E-state index contributed by atoms with van der Waals surface area (Å²) in [6.45, 7) is 6.32. The van der Waals surface area contributed by atoms with Crippen molar-refractivity contribution >= 4 is 5.91 Å². The van der Waals surface area contributed by atoms with Crippen molar-refractivity contribution in [2.45, 2.75) is 46.1 Å². The minimum Gasteiger partial charge on any atom is -0.330 e. The van der Waals surface area contributed by atoms with E-state index in [1.807, 2.05) is 17.0 Å². The van der Waals surface area contributed by atoms with Crippen LogP contribution in [0.3, 0.4) is 0 Å². The Morgan fingerprint density at radius 2 is 2.08 bits per heavy atom. The highest BCUT2D eigenvalue weighted by molar-refractivity contribution is 5.92. The molecule has 0 radical (unpaired) electrons. The molecule has 1 N–H and O–H groups in total. The summed E-state index contributed by atoms with van der Waals surface area (Å²) in [4.78, 5) is 34.1. The van der Waals surface area contributed by atoms with Crippen molar-refractivity contribution in [3.8, 4) is 0 Å². The van der Waals surface area contributed by atoms with Crippen LogP contribution in [0.2, 0.25) is 0 Å². The fourth-order valence-corrected chi connectivity index (χ4v) is 3.38. The van der Waals surface area contributed by atoms with E-state index >= 15 is 0 Å². The summed E-state index contributed by atoms with van der Waals surface area (Å²) in [5.74, 6) is -0.271. The molecule has 3 rings (SSSR count). The molecular formula is C19H23N3O2. The molecule has 0 spiro atoms. The Bertz CT molecular complexity index is 826. The molecule has 126 valence electrons. The van der Waals surface area contributed by atoms with E-state index in [0.717, 1.165) is 19.3 Å². The summed E-state index contributed by atoms with van der Waals surface area (Å²) >= 11 is 0. The van der Waals surface area contributed by atoms with Gasteiger partial charge in [-0.2, -0.15) is 0 Å². The first-order chi connectivity index (χ1) is 11.5. The van der Waals surface area contributed by atoms with Gasteiger partial charge in [0.1, 0.15) is 0 Å². The SMILES string of the molecule is CCC[C@H]1c2ccccc2CCN1C(=O)c1nc(C)c(C)[nH]c1=O. The smallest absolute Gasteiger partial charge is 0.279 e. The monoisotopic (exact) mass is 325 g/mol. The van der Waals surface area contributed by atoms with Crippen molar-refractivity contribution in [3.05, 3.63) is 62.8 Å². The molecule has 2 aromatic rings. The lowest BCUT2D eigenvalue weighted by Crippen LogP contribution is -2.42. The van der Waals surface area contributed by atoms with Gasteiger partial charge in [-0.1, -0.05) is 37.6 Å². The number of hydrogen-bond donors (Lipinski definition) is 1. The lowest BCUT2D eigenvalue weighted by molar-refractivity contribution is 0.0641. The standard InChI is InChI=1S/C19H23N3O2/c1-4-7-16-15-9-6-5-8-14(15)10-11-22(16)19(24)17-18(23)21-13(3)12(2)20-17/h5-6,8-9,16H,4,7,10-11H2,1-3H3,(H,21,23)/t16-/m0/s1. The first-order valence-electron chi connectivity index (χ1n) is 8.49. The zero-order chi connectivity index (χ0) is 17.3. The third kappa shape index (κ3) is 2.86. The predicted octanol–water partition coefficient (Wildman–Crippen LogP) is 2.93. The van der Waals surface area contributed by atoms with Crippen LogP contribution >= 0.6 is 0 Å². The molecule has 0 bridgehead atoms. The molecule has 1 aromatic carbocycles. The zero-order valence-corrected chi connectivity index (χ0v) is 14.4. The van der Waals surface area contributed by atoms with Crippen LogP contribution in [0.1, 0.15) is 58.8 Å². The van der Waals surface area contributed by atoms with Gasteiger partial charge in [-0.3, -0.25) is 9.59 Å². The molecule has 1 amide bonds. The minimum atomic E-state index is -0.405. The summed E-state index contributed by atoms with van der Waals surface area (Å²) in [6.07, 6.45) is 2.66. The lowest BCUT2D eigenvalue weighted by atomic mass is 9.90. The Kier molecular flexibility index (Phi) is 4.51. The Morgan fingerprint density at radius 1 is 1.33 bits per heavy atom. The quantitative estimate of drug-likeness (QED) is 0.943. The number of nitrogens with one attached hydrogen (secondary N) is 1. The highest BCUT2D eigenvalue weighted by Gasteiger charge is 2.32. The van der Waals surface area contributed by atoms with Gasteiger partial charge in [-0.25, -0.2) is 4.98 Å². The number of rotatable bonds is 3. The normalized spacial score (nSPS) is 16.8. The van der Waals surface area contributed by atoms with Gasteiger partial charge in [-0.15, -0.1) is 0 Å². The number of fused-ring (bicyclic) bond motifs is 1. The first-order valence-corrected chi connectivity index (χ1v) is 8.49. The van der Waals surface area contributed by atoms with Crippen LogP contribution in [0.15, 0.2) is 29.1 Å². The van der Waals surface area contributed by atoms with Crippen LogP contribution in [0.25, 0.3) is 0 Å². The average Bonchev–Trinajstić information content (AvgIpc) is 2.58. The number of aromatic nitrogens is 2. The third-order valence-electron chi connectivity index (χ3n) is 4.78.